The number of halogens is 1. The number of hydrogen-bond donors (Lipinski definition) is 2. The van der Waals surface area contributed by atoms with Crippen molar-refractivity contribution in [2.24, 2.45) is 11.0 Å². The molecule has 1 aliphatic rings. The molecule has 2 atom stereocenters. The number of anilines is 1. The molecule has 2 rings (SSSR count). The topological polar surface area (TPSA) is 53.5 Å². The van der Waals surface area contributed by atoms with Crippen LogP contribution in [0.15, 0.2) is 23.3 Å². The van der Waals surface area contributed by atoms with Crippen molar-refractivity contribution in [3.8, 4) is 0 Å². The van der Waals surface area contributed by atoms with Crippen molar-refractivity contribution in [3.05, 3.63) is 28.8 Å². The van der Waals surface area contributed by atoms with Gasteiger partial charge in [0.1, 0.15) is 6.04 Å². The summed E-state index contributed by atoms with van der Waals surface area (Å²) < 4.78 is 0. The van der Waals surface area contributed by atoms with Crippen molar-refractivity contribution in [2.75, 3.05) is 5.32 Å². The molecule has 1 aliphatic carbocycles. The molecular formula is C18H26ClN3O. The Morgan fingerprint density at radius 1 is 1.43 bits per heavy atom. The van der Waals surface area contributed by atoms with Gasteiger partial charge in [-0.3, -0.25) is 4.79 Å². The van der Waals surface area contributed by atoms with Gasteiger partial charge in [-0.1, -0.05) is 31.9 Å². The smallest absolute Gasteiger partial charge is 0.262 e. The molecule has 2 N–H and O–H groups in total. The fourth-order valence-corrected chi connectivity index (χ4v) is 3.10. The van der Waals surface area contributed by atoms with Crippen molar-refractivity contribution in [3.63, 3.8) is 0 Å². The summed E-state index contributed by atoms with van der Waals surface area (Å²) in [7, 11) is 0. The van der Waals surface area contributed by atoms with E-state index in [1.165, 1.54) is 12.8 Å². The number of hydrogen-bond acceptors (Lipinski definition) is 3. The summed E-state index contributed by atoms with van der Waals surface area (Å²) in [6.07, 6.45) is 5.26. The molecule has 0 bridgehead atoms. The highest BCUT2D eigenvalue weighted by molar-refractivity contribution is 6.30. The monoisotopic (exact) mass is 335 g/mol. The van der Waals surface area contributed by atoms with Crippen LogP contribution in [0.2, 0.25) is 5.02 Å². The maximum Gasteiger partial charge on any atom is 0.262 e. The molecular weight excluding hydrogens is 310 g/mol. The third-order valence-corrected chi connectivity index (χ3v) is 4.68. The number of rotatable bonds is 5. The molecule has 0 saturated heterocycles. The van der Waals surface area contributed by atoms with Gasteiger partial charge < -0.3 is 5.32 Å². The minimum absolute atomic E-state index is 0.0906. The molecule has 1 amide bonds. The van der Waals surface area contributed by atoms with Crippen LogP contribution >= 0.6 is 11.6 Å². The van der Waals surface area contributed by atoms with E-state index in [-0.39, 0.29) is 11.9 Å². The Morgan fingerprint density at radius 3 is 2.87 bits per heavy atom. The highest BCUT2D eigenvalue weighted by Crippen LogP contribution is 2.22. The van der Waals surface area contributed by atoms with Crippen LogP contribution in [0, 0.1) is 12.8 Å². The fraction of sp³-hybridized carbons (Fsp3) is 0.556. The van der Waals surface area contributed by atoms with Crippen molar-refractivity contribution < 1.29 is 4.79 Å². The molecule has 0 heterocycles. The lowest BCUT2D eigenvalue weighted by Crippen LogP contribution is -2.38. The van der Waals surface area contributed by atoms with Crippen LogP contribution in [-0.2, 0) is 4.79 Å². The van der Waals surface area contributed by atoms with Gasteiger partial charge in [-0.05, 0) is 62.3 Å². The first-order valence-electron chi connectivity index (χ1n) is 8.40. The van der Waals surface area contributed by atoms with Crippen LogP contribution in [0.25, 0.3) is 0 Å². The maximum atomic E-state index is 12.4. The van der Waals surface area contributed by atoms with Crippen molar-refractivity contribution >= 4 is 28.9 Å². The number of nitrogens with zero attached hydrogens (tertiary/aromatic N) is 1. The molecule has 126 valence electrons. The Kier molecular flexibility index (Phi) is 6.46. The number of aryl methyl sites for hydroxylation is 1. The lowest BCUT2D eigenvalue weighted by molar-refractivity contribution is -0.121. The normalized spacial score (nSPS) is 21.0. The Morgan fingerprint density at radius 2 is 2.22 bits per heavy atom. The van der Waals surface area contributed by atoms with E-state index in [1.807, 2.05) is 32.0 Å². The summed E-state index contributed by atoms with van der Waals surface area (Å²) in [6, 6.07) is 5.31. The van der Waals surface area contributed by atoms with E-state index in [9.17, 15) is 4.79 Å². The van der Waals surface area contributed by atoms with Gasteiger partial charge in [0, 0.05) is 16.4 Å². The highest BCUT2D eigenvalue weighted by Gasteiger charge is 2.19. The largest absolute Gasteiger partial charge is 0.373 e. The van der Waals surface area contributed by atoms with Crippen molar-refractivity contribution in [2.45, 2.75) is 58.9 Å². The summed E-state index contributed by atoms with van der Waals surface area (Å²) in [6.45, 7) is 6.14. The number of amides is 1. The lowest BCUT2D eigenvalue weighted by atomic mass is 9.89. The van der Waals surface area contributed by atoms with Crippen LogP contribution < -0.4 is 10.7 Å². The first-order chi connectivity index (χ1) is 11.0. The molecule has 5 heteroatoms. The Hall–Kier alpha value is -1.55. The van der Waals surface area contributed by atoms with Crippen LogP contribution in [0.3, 0.4) is 0 Å². The third-order valence-electron chi connectivity index (χ3n) is 4.44. The average Bonchev–Trinajstić information content (AvgIpc) is 2.53. The summed E-state index contributed by atoms with van der Waals surface area (Å²) in [5.41, 5.74) is 5.81. The van der Waals surface area contributed by atoms with E-state index in [2.05, 4.69) is 22.8 Å². The van der Waals surface area contributed by atoms with Gasteiger partial charge in [-0.25, -0.2) is 5.43 Å². The fourth-order valence-electron chi connectivity index (χ4n) is 2.87. The molecule has 1 saturated carbocycles. The third kappa shape index (κ3) is 4.96. The van der Waals surface area contributed by atoms with E-state index in [4.69, 9.17) is 11.6 Å². The predicted octanol–water partition coefficient (Wildman–Crippen LogP) is 4.52. The summed E-state index contributed by atoms with van der Waals surface area (Å²) in [5, 5.41) is 8.35. The Bertz CT molecular complexity index is 586. The summed E-state index contributed by atoms with van der Waals surface area (Å²) in [5.74, 6) is 0.378. The van der Waals surface area contributed by atoms with E-state index >= 15 is 0 Å². The zero-order chi connectivity index (χ0) is 16.8. The molecule has 0 spiro atoms. The summed E-state index contributed by atoms with van der Waals surface area (Å²) >= 11 is 5.97. The second-order valence-electron chi connectivity index (χ2n) is 6.29. The van der Waals surface area contributed by atoms with Crippen molar-refractivity contribution in [1.82, 2.24) is 5.43 Å². The minimum Gasteiger partial charge on any atom is -0.373 e. The van der Waals surface area contributed by atoms with Gasteiger partial charge in [0.05, 0.1) is 0 Å². The molecule has 4 nitrogen and oxygen atoms in total. The number of carbonyl (C=O) groups excluding carboxylic acids is 1. The predicted molar refractivity (Wildman–Crippen MR) is 97.1 cm³/mol. The van der Waals surface area contributed by atoms with Crippen LogP contribution in [0.1, 0.15) is 51.5 Å². The van der Waals surface area contributed by atoms with E-state index < -0.39 is 0 Å². The molecule has 1 aromatic carbocycles. The Balaban J connectivity index is 1.99. The quantitative estimate of drug-likeness (QED) is 0.777. The second-order valence-corrected chi connectivity index (χ2v) is 6.73. The maximum absolute atomic E-state index is 12.4. The van der Waals surface area contributed by atoms with Crippen LogP contribution in [0.5, 0.6) is 0 Å². The number of benzene rings is 1. The lowest BCUT2D eigenvalue weighted by Gasteiger charge is -2.21. The highest BCUT2D eigenvalue weighted by atomic mass is 35.5. The number of hydrazone groups is 1. The molecule has 0 radical (unpaired) electrons. The zero-order valence-corrected chi connectivity index (χ0v) is 14.9. The van der Waals surface area contributed by atoms with Crippen LogP contribution in [-0.4, -0.2) is 17.7 Å². The summed E-state index contributed by atoms with van der Waals surface area (Å²) in [4.78, 5) is 12.4. The molecule has 0 aliphatic heterocycles. The molecule has 23 heavy (non-hydrogen) atoms. The number of nitrogens with one attached hydrogen (secondary N) is 2. The minimum atomic E-state index is -0.307. The SMILES string of the molecule is CC[C@@H](Nc1ccc(Cl)cc1C)C(=O)N/N=C1\CCCC[C@@H]1C. The van der Waals surface area contributed by atoms with E-state index in [0.29, 0.717) is 17.4 Å². The van der Waals surface area contributed by atoms with Gasteiger partial charge in [-0.2, -0.15) is 5.10 Å². The number of carbonyl (C=O) groups is 1. The molecule has 1 fully saturated rings. The first-order valence-corrected chi connectivity index (χ1v) is 8.78. The standard InChI is InChI=1S/C18H26ClN3O/c1-4-15(20-16-10-9-14(19)11-13(16)3)18(23)22-21-17-8-6-5-7-12(17)2/h9-12,15,20H,4-8H2,1-3H3,(H,22,23)/b21-17+/t12-,15+/m0/s1. The zero-order valence-electron chi connectivity index (χ0n) is 14.2. The Labute approximate surface area is 143 Å². The van der Waals surface area contributed by atoms with Crippen molar-refractivity contribution in [1.29, 1.82) is 0 Å². The van der Waals surface area contributed by atoms with Gasteiger partial charge in [0.2, 0.25) is 0 Å². The van der Waals surface area contributed by atoms with E-state index in [1.54, 1.807) is 0 Å². The van der Waals surface area contributed by atoms with E-state index in [0.717, 1.165) is 29.8 Å². The first kappa shape index (κ1) is 17.8. The average molecular weight is 336 g/mol. The second kappa shape index (κ2) is 8.34. The molecule has 0 unspecified atom stereocenters. The van der Waals surface area contributed by atoms with Gasteiger partial charge >= 0.3 is 0 Å². The van der Waals surface area contributed by atoms with Gasteiger partial charge in [-0.15, -0.1) is 0 Å². The molecule has 1 aromatic rings. The van der Waals surface area contributed by atoms with Crippen LogP contribution in [0.4, 0.5) is 5.69 Å². The van der Waals surface area contributed by atoms with Gasteiger partial charge in [0.15, 0.2) is 0 Å². The molecule has 0 aromatic heterocycles. The van der Waals surface area contributed by atoms with Gasteiger partial charge in [0.25, 0.3) is 5.91 Å².